The van der Waals surface area contributed by atoms with Crippen molar-refractivity contribution in [2.24, 2.45) is 17.3 Å². The third kappa shape index (κ3) is 8.93. The number of cyclic esters (lactones) is 3. The maximum atomic E-state index is 14.1. The average molecular weight is 672 g/mol. The summed E-state index contributed by atoms with van der Waals surface area (Å²) in [6.45, 7) is 13.7. The lowest BCUT2D eigenvalue weighted by atomic mass is 9.84. The molecule has 6 atom stereocenters. The molecule has 12 nitrogen and oxygen atoms in total. The Kier molecular flexibility index (Phi) is 13.2. The number of hydrogen-bond donors (Lipinski definition) is 1. The van der Waals surface area contributed by atoms with Crippen LogP contribution in [0.2, 0.25) is 0 Å². The molecular weight excluding hydrogens is 618 g/mol. The van der Waals surface area contributed by atoms with Crippen LogP contribution < -0.4 is 5.32 Å². The number of hydrogen-bond acceptors (Lipinski definition) is 9. The second kappa shape index (κ2) is 16.4. The van der Waals surface area contributed by atoms with E-state index in [2.05, 4.69) is 5.32 Å². The fourth-order valence-corrected chi connectivity index (χ4v) is 6.28. The number of amides is 3. The molecule has 0 aromatic heterocycles. The SMILES string of the molecule is CCCC1OC(=O)C(C(C)C)NC(=O)C(C(C)C)N(C)C(=O)C2CCCN2C(=O)C(Cc2ccccc2)OC(=O)C(C)OC(=O)C1(C)C. The number of fused-ring (bicyclic) bond motifs is 1. The van der Waals surface area contributed by atoms with E-state index in [0.717, 1.165) is 5.56 Å². The van der Waals surface area contributed by atoms with Gasteiger partial charge in [-0.2, -0.15) is 0 Å². The zero-order chi connectivity index (χ0) is 35.9. The van der Waals surface area contributed by atoms with Gasteiger partial charge in [-0.05, 0) is 57.4 Å². The molecule has 0 spiro atoms. The Balaban J connectivity index is 2.10. The molecule has 12 heteroatoms. The summed E-state index contributed by atoms with van der Waals surface area (Å²) in [5, 5.41) is 2.81. The maximum Gasteiger partial charge on any atom is 0.347 e. The summed E-state index contributed by atoms with van der Waals surface area (Å²) >= 11 is 0. The van der Waals surface area contributed by atoms with Crippen molar-refractivity contribution in [2.45, 2.75) is 124 Å². The van der Waals surface area contributed by atoms with E-state index in [0.29, 0.717) is 25.7 Å². The Hall–Kier alpha value is -3.96. The van der Waals surface area contributed by atoms with Crippen LogP contribution in [-0.2, 0) is 49.4 Å². The highest BCUT2D eigenvalue weighted by molar-refractivity contribution is 5.95. The standard InChI is InChI=1S/C36H53N3O9/c1-10-15-27-36(7,8)35(45)46-23(6)33(43)47-26(20-24-16-12-11-13-17-24)32(42)39-19-14-18-25(39)31(41)38(9)29(22(4)5)30(40)37-28(21(2)3)34(44)48-27/h11-13,16-17,21-23,25-29H,10,14-15,18-20H2,1-9H3,(H,37,40). The fraction of sp³-hybridized carbons (Fsp3) is 0.667. The summed E-state index contributed by atoms with van der Waals surface area (Å²) < 4.78 is 17.3. The van der Waals surface area contributed by atoms with Crippen molar-refractivity contribution in [3.8, 4) is 0 Å². The molecule has 3 amide bonds. The first-order valence-corrected chi connectivity index (χ1v) is 17.0. The molecule has 0 radical (unpaired) electrons. The van der Waals surface area contributed by atoms with Crippen molar-refractivity contribution in [3.63, 3.8) is 0 Å². The van der Waals surface area contributed by atoms with E-state index < -0.39 is 77.5 Å². The van der Waals surface area contributed by atoms with E-state index in [9.17, 15) is 28.8 Å². The van der Waals surface area contributed by atoms with Gasteiger partial charge >= 0.3 is 17.9 Å². The summed E-state index contributed by atoms with van der Waals surface area (Å²) in [4.78, 5) is 85.4. The van der Waals surface area contributed by atoms with Crippen molar-refractivity contribution in [2.75, 3.05) is 13.6 Å². The lowest BCUT2D eigenvalue weighted by Gasteiger charge is -2.36. The molecule has 6 unspecified atom stereocenters. The molecule has 2 aliphatic heterocycles. The molecule has 2 fully saturated rings. The average Bonchev–Trinajstić information content (AvgIpc) is 3.52. The number of rotatable bonds is 6. The minimum atomic E-state index is -1.39. The van der Waals surface area contributed by atoms with Crippen molar-refractivity contribution < 1.29 is 43.0 Å². The number of carbonyl (C=O) groups is 6. The van der Waals surface area contributed by atoms with Crippen LogP contribution in [0.25, 0.3) is 0 Å². The molecule has 48 heavy (non-hydrogen) atoms. The fourth-order valence-electron chi connectivity index (χ4n) is 6.28. The minimum Gasteiger partial charge on any atom is -0.460 e. The molecule has 3 rings (SSSR count). The third-order valence-corrected chi connectivity index (χ3v) is 9.26. The molecule has 266 valence electrons. The van der Waals surface area contributed by atoms with Gasteiger partial charge in [0, 0.05) is 20.0 Å². The quantitative estimate of drug-likeness (QED) is 0.355. The molecule has 2 saturated heterocycles. The van der Waals surface area contributed by atoms with Crippen LogP contribution in [0.5, 0.6) is 0 Å². The summed E-state index contributed by atoms with van der Waals surface area (Å²) in [5.74, 6) is -4.72. The monoisotopic (exact) mass is 671 g/mol. The van der Waals surface area contributed by atoms with Gasteiger partial charge in [0.1, 0.15) is 24.2 Å². The summed E-state index contributed by atoms with van der Waals surface area (Å²) in [7, 11) is 1.52. The molecule has 0 bridgehead atoms. The lowest BCUT2D eigenvalue weighted by Crippen LogP contribution is -2.59. The third-order valence-electron chi connectivity index (χ3n) is 9.26. The molecule has 1 aromatic rings. The van der Waals surface area contributed by atoms with E-state index in [1.807, 2.05) is 13.0 Å². The van der Waals surface area contributed by atoms with Gasteiger partial charge in [0.25, 0.3) is 5.91 Å². The van der Waals surface area contributed by atoms with Gasteiger partial charge in [0.2, 0.25) is 11.8 Å². The number of likely N-dealkylation sites (N-methyl/N-ethyl adjacent to an activating group) is 1. The Morgan fingerprint density at radius 1 is 0.896 bits per heavy atom. The topological polar surface area (TPSA) is 149 Å². The Morgan fingerprint density at radius 2 is 1.54 bits per heavy atom. The summed E-state index contributed by atoms with van der Waals surface area (Å²) in [6.07, 6.45) is -1.85. The van der Waals surface area contributed by atoms with Gasteiger partial charge < -0.3 is 29.3 Å². The van der Waals surface area contributed by atoms with Crippen LogP contribution in [0.15, 0.2) is 30.3 Å². The minimum absolute atomic E-state index is 0.0347. The second-order valence-corrected chi connectivity index (χ2v) is 14.2. The largest absolute Gasteiger partial charge is 0.460 e. The van der Waals surface area contributed by atoms with Crippen LogP contribution in [-0.4, -0.2) is 95.5 Å². The first kappa shape index (κ1) is 38.5. The smallest absolute Gasteiger partial charge is 0.347 e. The summed E-state index contributed by atoms with van der Waals surface area (Å²) in [5.41, 5.74) is -0.656. The van der Waals surface area contributed by atoms with Crippen LogP contribution in [0, 0.1) is 17.3 Å². The Bertz CT molecular complexity index is 1330. The van der Waals surface area contributed by atoms with Crippen molar-refractivity contribution >= 4 is 35.6 Å². The number of esters is 3. The predicted octanol–water partition coefficient (Wildman–Crippen LogP) is 3.44. The van der Waals surface area contributed by atoms with Crippen LogP contribution in [0.4, 0.5) is 0 Å². The summed E-state index contributed by atoms with van der Waals surface area (Å²) in [6, 6.07) is 6.08. The van der Waals surface area contributed by atoms with E-state index in [1.54, 1.807) is 65.8 Å². The molecule has 0 saturated carbocycles. The molecule has 1 aromatic carbocycles. The number of ether oxygens (including phenoxy) is 3. The van der Waals surface area contributed by atoms with E-state index in [1.165, 1.54) is 23.8 Å². The van der Waals surface area contributed by atoms with Gasteiger partial charge in [-0.15, -0.1) is 0 Å². The lowest BCUT2D eigenvalue weighted by molar-refractivity contribution is -0.185. The normalized spacial score (nSPS) is 28.2. The van der Waals surface area contributed by atoms with Gasteiger partial charge in [0.05, 0.1) is 5.41 Å². The molecule has 2 heterocycles. The zero-order valence-electron chi connectivity index (χ0n) is 29.8. The molecule has 2 aliphatic rings. The van der Waals surface area contributed by atoms with E-state index in [-0.39, 0.29) is 24.8 Å². The number of nitrogens with one attached hydrogen (secondary N) is 1. The van der Waals surface area contributed by atoms with Crippen LogP contribution >= 0.6 is 0 Å². The first-order valence-electron chi connectivity index (χ1n) is 17.0. The Morgan fingerprint density at radius 3 is 2.12 bits per heavy atom. The first-order chi connectivity index (χ1) is 22.5. The maximum absolute atomic E-state index is 14.1. The zero-order valence-corrected chi connectivity index (χ0v) is 29.8. The van der Waals surface area contributed by atoms with Crippen molar-refractivity contribution in [1.29, 1.82) is 0 Å². The number of benzene rings is 1. The molecule has 1 N–H and O–H groups in total. The number of carbonyl (C=O) groups excluding carboxylic acids is 6. The van der Waals surface area contributed by atoms with Crippen molar-refractivity contribution in [1.82, 2.24) is 15.1 Å². The van der Waals surface area contributed by atoms with Gasteiger partial charge in [-0.25, -0.2) is 9.59 Å². The second-order valence-electron chi connectivity index (χ2n) is 14.2. The Labute approximate surface area is 284 Å². The van der Waals surface area contributed by atoms with Gasteiger partial charge in [0.15, 0.2) is 12.2 Å². The number of nitrogens with zero attached hydrogens (tertiary/aromatic N) is 2. The highest BCUT2D eigenvalue weighted by Gasteiger charge is 2.46. The highest BCUT2D eigenvalue weighted by atomic mass is 16.6. The molecular formula is C36H53N3O9. The van der Waals surface area contributed by atoms with Gasteiger partial charge in [-0.3, -0.25) is 19.2 Å². The van der Waals surface area contributed by atoms with Crippen LogP contribution in [0.1, 0.15) is 86.6 Å². The van der Waals surface area contributed by atoms with Gasteiger partial charge in [-0.1, -0.05) is 71.4 Å². The highest BCUT2D eigenvalue weighted by Crippen LogP contribution is 2.31. The van der Waals surface area contributed by atoms with E-state index >= 15 is 0 Å². The van der Waals surface area contributed by atoms with Crippen molar-refractivity contribution in [3.05, 3.63) is 35.9 Å². The van der Waals surface area contributed by atoms with E-state index in [4.69, 9.17) is 14.2 Å². The molecule has 0 aliphatic carbocycles. The predicted molar refractivity (Wildman–Crippen MR) is 177 cm³/mol. The van der Waals surface area contributed by atoms with Crippen LogP contribution in [0.3, 0.4) is 0 Å².